The molecule has 0 aromatic heterocycles. The van der Waals surface area contributed by atoms with Crippen molar-refractivity contribution in [2.24, 2.45) is 0 Å². The van der Waals surface area contributed by atoms with Crippen LogP contribution >= 0.6 is 12.4 Å². The van der Waals surface area contributed by atoms with E-state index in [4.69, 9.17) is 0 Å². The molecule has 0 unspecified atom stereocenters. The molecule has 1 aromatic rings. The van der Waals surface area contributed by atoms with E-state index in [1.807, 2.05) is 19.0 Å². The van der Waals surface area contributed by atoms with Gasteiger partial charge >= 0.3 is 6.03 Å². The lowest BCUT2D eigenvalue weighted by atomic mass is 9.87. The molecule has 0 saturated carbocycles. The Morgan fingerprint density at radius 1 is 1.32 bits per heavy atom. The topological polar surface area (TPSA) is 35.6 Å². The Labute approximate surface area is 120 Å². The van der Waals surface area contributed by atoms with E-state index in [1.54, 1.807) is 4.90 Å². The molecule has 2 amide bonds. The zero-order valence-corrected chi connectivity index (χ0v) is 12.1. The summed E-state index contributed by atoms with van der Waals surface area (Å²) < 4.78 is 0. The lowest BCUT2D eigenvalue weighted by Gasteiger charge is -2.28. The third-order valence-electron chi connectivity index (χ3n) is 3.98. The Kier molecular flexibility index (Phi) is 4.02. The van der Waals surface area contributed by atoms with Crippen molar-refractivity contribution in [2.45, 2.75) is 18.5 Å². The maximum atomic E-state index is 12.0. The number of nitrogens with one attached hydrogen (secondary N) is 1. The fraction of sp³-hybridized carbons (Fsp3) is 0.500. The summed E-state index contributed by atoms with van der Waals surface area (Å²) in [5, 5.41) is 3.55. The molecule has 0 bridgehead atoms. The number of rotatable bonds is 0. The van der Waals surface area contributed by atoms with Gasteiger partial charge in [0.25, 0.3) is 0 Å². The standard InChI is InChI=1S/C14H19N3O.ClH/c1-16(2)14(18)17-8-12-11-6-4-3-5-10(11)7-15-13(12)9-17;/h3-6,12-13,15H,7-9H2,1-2H3;1H/t12-,13+;/m0./s1. The maximum Gasteiger partial charge on any atom is 0.319 e. The zero-order chi connectivity index (χ0) is 12.7. The summed E-state index contributed by atoms with van der Waals surface area (Å²) in [6.07, 6.45) is 0. The van der Waals surface area contributed by atoms with Crippen LogP contribution in [0.3, 0.4) is 0 Å². The normalized spacial score (nSPS) is 24.2. The first-order valence-electron chi connectivity index (χ1n) is 6.44. The van der Waals surface area contributed by atoms with Crippen molar-refractivity contribution in [1.82, 2.24) is 15.1 Å². The smallest absolute Gasteiger partial charge is 0.319 e. The molecule has 2 atom stereocenters. The van der Waals surface area contributed by atoms with Gasteiger partial charge in [-0.05, 0) is 11.1 Å². The molecule has 1 saturated heterocycles. The van der Waals surface area contributed by atoms with Crippen LogP contribution in [-0.2, 0) is 6.54 Å². The van der Waals surface area contributed by atoms with Crippen LogP contribution in [0.15, 0.2) is 24.3 Å². The van der Waals surface area contributed by atoms with E-state index < -0.39 is 0 Å². The van der Waals surface area contributed by atoms with Crippen molar-refractivity contribution in [3.8, 4) is 0 Å². The number of nitrogens with zero attached hydrogens (tertiary/aromatic N) is 2. The molecule has 1 aromatic carbocycles. The monoisotopic (exact) mass is 281 g/mol. The molecule has 4 nitrogen and oxygen atoms in total. The molecule has 1 fully saturated rings. The van der Waals surface area contributed by atoms with Gasteiger partial charge in [0.05, 0.1) is 0 Å². The second-order valence-corrected chi connectivity index (χ2v) is 5.37. The summed E-state index contributed by atoms with van der Waals surface area (Å²) in [6.45, 7) is 2.56. The van der Waals surface area contributed by atoms with E-state index in [1.165, 1.54) is 11.1 Å². The number of carbonyl (C=O) groups is 1. The highest BCUT2D eigenvalue weighted by Crippen LogP contribution is 2.33. The van der Waals surface area contributed by atoms with E-state index >= 15 is 0 Å². The van der Waals surface area contributed by atoms with Crippen molar-refractivity contribution in [3.05, 3.63) is 35.4 Å². The van der Waals surface area contributed by atoms with Gasteiger partial charge in [0, 0.05) is 45.7 Å². The molecule has 2 heterocycles. The molecule has 2 aliphatic heterocycles. The second-order valence-electron chi connectivity index (χ2n) is 5.37. The fourth-order valence-corrected chi connectivity index (χ4v) is 3.06. The summed E-state index contributed by atoms with van der Waals surface area (Å²) in [5.41, 5.74) is 2.79. The van der Waals surface area contributed by atoms with E-state index in [0.29, 0.717) is 12.0 Å². The Balaban J connectivity index is 0.00000133. The van der Waals surface area contributed by atoms with E-state index in [-0.39, 0.29) is 18.4 Å². The van der Waals surface area contributed by atoms with E-state index in [2.05, 4.69) is 29.6 Å². The van der Waals surface area contributed by atoms with Crippen LogP contribution in [0.25, 0.3) is 0 Å². The predicted octanol–water partition coefficient (Wildman–Crippen LogP) is 1.66. The van der Waals surface area contributed by atoms with Crippen LogP contribution < -0.4 is 5.32 Å². The lowest BCUT2D eigenvalue weighted by Crippen LogP contribution is -2.41. The van der Waals surface area contributed by atoms with Crippen LogP contribution in [0.2, 0.25) is 0 Å². The average molecular weight is 282 g/mol. The van der Waals surface area contributed by atoms with Crippen molar-refractivity contribution >= 4 is 18.4 Å². The van der Waals surface area contributed by atoms with Crippen molar-refractivity contribution in [1.29, 1.82) is 0 Å². The Hall–Kier alpha value is -1.26. The lowest BCUT2D eigenvalue weighted by molar-refractivity contribution is 0.180. The predicted molar refractivity (Wildman–Crippen MR) is 77.7 cm³/mol. The van der Waals surface area contributed by atoms with Gasteiger partial charge in [-0.3, -0.25) is 0 Å². The molecule has 104 valence electrons. The minimum absolute atomic E-state index is 0. The van der Waals surface area contributed by atoms with Crippen molar-refractivity contribution < 1.29 is 4.79 Å². The quantitative estimate of drug-likeness (QED) is 0.785. The highest BCUT2D eigenvalue weighted by Gasteiger charge is 2.39. The number of benzene rings is 1. The van der Waals surface area contributed by atoms with Crippen LogP contribution in [0.5, 0.6) is 0 Å². The molecule has 3 rings (SSSR count). The van der Waals surface area contributed by atoms with Crippen LogP contribution in [0, 0.1) is 0 Å². The number of halogens is 1. The van der Waals surface area contributed by atoms with Gasteiger partial charge in [-0.2, -0.15) is 0 Å². The molecule has 0 aliphatic carbocycles. The summed E-state index contributed by atoms with van der Waals surface area (Å²) >= 11 is 0. The molecular weight excluding hydrogens is 262 g/mol. The number of amides is 2. The van der Waals surface area contributed by atoms with Gasteiger partial charge in [-0.25, -0.2) is 4.79 Å². The minimum atomic E-state index is 0. The number of hydrogen-bond donors (Lipinski definition) is 1. The highest BCUT2D eigenvalue weighted by molar-refractivity contribution is 5.85. The first-order chi connectivity index (χ1) is 8.66. The maximum absolute atomic E-state index is 12.0. The third-order valence-corrected chi connectivity index (χ3v) is 3.98. The molecule has 2 aliphatic rings. The number of urea groups is 1. The van der Waals surface area contributed by atoms with Gasteiger partial charge < -0.3 is 15.1 Å². The minimum Gasteiger partial charge on any atom is -0.331 e. The number of fused-ring (bicyclic) bond motifs is 3. The van der Waals surface area contributed by atoms with E-state index in [9.17, 15) is 4.79 Å². The summed E-state index contributed by atoms with van der Waals surface area (Å²) in [7, 11) is 3.62. The molecule has 0 spiro atoms. The molecule has 1 N–H and O–H groups in total. The molecule has 0 radical (unpaired) electrons. The zero-order valence-electron chi connectivity index (χ0n) is 11.3. The molecular formula is C14H20ClN3O. The van der Waals surface area contributed by atoms with Crippen LogP contribution in [0.1, 0.15) is 17.0 Å². The van der Waals surface area contributed by atoms with E-state index in [0.717, 1.165) is 19.6 Å². The first-order valence-corrected chi connectivity index (χ1v) is 6.44. The largest absolute Gasteiger partial charge is 0.331 e. The Bertz CT molecular complexity index is 478. The van der Waals surface area contributed by atoms with Gasteiger partial charge in [-0.15, -0.1) is 12.4 Å². The number of hydrogen-bond acceptors (Lipinski definition) is 2. The van der Waals surface area contributed by atoms with Gasteiger partial charge in [0.1, 0.15) is 0 Å². The van der Waals surface area contributed by atoms with Gasteiger partial charge in [0.15, 0.2) is 0 Å². The Morgan fingerprint density at radius 3 is 2.79 bits per heavy atom. The summed E-state index contributed by atoms with van der Waals surface area (Å²) in [6, 6.07) is 9.08. The molecule has 5 heteroatoms. The number of carbonyl (C=O) groups excluding carboxylic acids is 1. The SMILES string of the molecule is CN(C)C(=O)N1C[C@H]2NCc3ccccc3[C@@H]2C1.Cl. The number of likely N-dealkylation sites (tertiary alicyclic amines) is 1. The average Bonchev–Trinajstić information content (AvgIpc) is 2.81. The molecule has 19 heavy (non-hydrogen) atoms. The summed E-state index contributed by atoms with van der Waals surface area (Å²) in [5.74, 6) is 0.443. The fourth-order valence-electron chi connectivity index (χ4n) is 3.06. The van der Waals surface area contributed by atoms with Crippen molar-refractivity contribution in [3.63, 3.8) is 0 Å². The van der Waals surface area contributed by atoms with Crippen LogP contribution in [-0.4, -0.2) is 49.1 Å². The highest BCUT2D eigenvalue weighted by atomic mass is 35.5. The third kappa shape index (κ3) is 2.42. The van der Waals surface area contributed by atoms with Crippen LogP contribution in [0.4, 0.5) is 4.79 Å². The van der Waals surface area contributed by atoms with Gasteiger partial charge in [0.2, 0.25) is 0 Å². The van der Waals surface area contributed by atoms with Crippen molar-refractivity contribution in [2.75, 3.05) is 27.2 Å². The first kappa shape index (κ1) is 14.2. The Morgan fingerprint density at radius 2 is 2.05 bits per heavy atom. The summed E-state index contributed by atoms with van der Waals surface area (Å²) in [4.78, 5) is 15.6. The van der Waals surface area contributed by atoms with Gasteiger partial charge in [-0.1, -0.05) is 24.3 Å². The second kappa shape index (κ2) is 5.39.